The van der Waals surface area contributed by atoms with E-state index in [0.29, 0.717) is 37.0 Å². The van der Waals surface area contributed by atoms with Gasteiger partial charge in [0.15, 0.2) is 0 Å². The van der Waals surface area contributed by atoms with Crippen LogP contribution in [0.3, 0.4) is 0 Å². The molecule has 0 spiro atoms. The predicted molar refractivity (Wildman–Crippen MR) is 61.9 cm³/mol. The lowest BCUT2D eigenvalue weighted by atomic mass is 10.2. The van der Waals surface area contributed by atoms with Crippen LogP contribution in [0, 0.1) is 0 Å². The van der Waals surface area contributed by atoms with Crippen LogP contribution >= 0.6 is 11.5 Å². The maximum absolute atomic E-state index is 11.3. The molecule has 8 nitrogen and oxygen atoms in total. The van der Waals surface area contributed by atoms with E-state index >= 15 is 0 Å². The molecule has 0 saturated carbocycles. The van der Waals surface area contributed by atoms with Gasteiger partial charge < -0.3 is 15.9 Å². The molecule has 1 unspecified atom stereocenters. The Hall–Kier alpha value is -1.29. The van der Waals surface area contributed by atoms with E-state index in [1.54, 1.807) is 0 Å². The topological polar surface area (TPSA) is 119 Å². The highest BCUT2D eigenvalue weighted by molar-refractivity contribution is 7.10. The molecule has 2 heterocycles. The molecule has 1 atom stereocenters. The fourth-order valence-electron chi connectivity index (χ4n) is 1.70. The zero-order valence-corrected chi connectivity index (χ0v) is 9.94. The molecular formula is C8H14N6O2S. The van der Waals surface area contributed by atoms with Gasteiger partial charge >= 0.3 is 0 Å². The Morgan fingerprint density at radius 2 is 2.53 bits per heavy atom. The molecule has 1 amide bonds. The Balaban J connectivity index is 2.08. The molecule has 0 aromatic carbocycles. The fraction of sp³-hybridized carbons (Fsp3) is 0.625. The van der Waals surface area contributed by atoms with Gasteiger partial charge in [0.2, 0.25) is 5.91 Å². The van der Waals surface area contributed by atoms with E-state index in [2.05, 4.69) is 15.0 Å². The minimum atomic E-state index is -0.420. The molecule has 17 heavy (non-hydrogen) atoms. The Morgan fingerprint density at radius 3 is 3.24 bits per heavy atom. The summed E-state index contributed by atoms with van der Waals surface area (Å²) in [6, 6.07) is -0.420. The molecule has 1 aromatic heterocycles. The van der Waals surface area contributed by atoms with Gasteiger partial charge in [0.25, 0.3) is 0 Å². The van der Waals surface area contributed by atoms with Crippen molar-refractivity contribution in [2.24, 2.45) is 11.6 Å². The molecule has 9 heteroatoms. The highest BCUT2D eigenvalue weighted by atomic mass is 32.1. The van der Waals surface area contributed by atoms with Crippen LogP contribution in [-0.4, -0.2) is 46.2 Å². The minimum Gasteiger partial charge on any atom is -0.378 e. The van der Waals surface area contributed by atoms with Gasteiger partial charge in [-0.15, -0.1) is 5.10 Å². The molecule has 1 aliphatic heterocycles. The van der Waals surface area contributed by atoms with E-state index in [9.17, 15) is 4.79 Å². The van der Waals surface area contributed by atoms with Crippen molar-refractivity contribution in [1.82, 2.24) is 14.5 Å². The van der Waals surface area contributed by atoms with Gasteiger partial charge in [-0.3, -0.25) is 9.69 Å². The second kappa shape index (κ2) is 5.36. The Bertz CT molecular complexity index is 397. The number of anilines is 1. The summed E-state index contributed by atoms with van der Waals surface area (Å²) in [6.45, 7) is 2.01. The number of aromatic nitrogens is 2. The number of primary amides is 1. The standard InChI is InChI=1S/C8H14N6O2S/c9-7(15)6-4-16-2-1-14(6)3-5-8(11-10)17-13-12-5/h6,11H,1-4,10H2,(H2,9,15). The minimum absolute atomic E-state index is 0.318. The largest absolute Gasteiger partial charge is 0.378 e. The lowest BCUT2D eigenvalue weighted by Gasteiger charge is -2.32. The molecule has 5 N–H and O–H groups in total. The highest BCUT2D eigenvalue weighted by Crippen LogP contribution is 2.19. The first kappa shape index (κ1) is 12.2. The van der Waals surface area contributed by atoms with E-state index in [4.69, 9.17) is 16.3 Å². The number of carbonyl (C=O) groups excluding carboxylic acids is 1. The lowest BCUT2D eigenvalue weighted by molar-refractivity contribution is -0.129. The Labute approximate surface area is 102 Å². The quantitative estimate of drug-likeness (QED) is 0.444. The van der Waals surface area contributed by atoms with Gasteiger partial charge in [-0.05, 0) is 0 Å². The van der Waals surface area contributed by atoms with Gasteiger partial charge in [0.05, 0.1) is 13.2 Å². The molecule has 2 rings (SSSR count). The Morgan fingerprint density at radius 1 is 1.71 bits per heavy atom. The van der Waals surface area contributed by atoms with Crippen molar-refractivity contribution in [3.8, 4) is 0 Å². The maximum atomic E-state index is 11.3. The van der Waals surface area contributed by atoms with E-state index in [0.717, 1.165) is 0 Å². The first-order chi connectivity index (χ1) is 8.22. The zero-order valence-electron chi connectivity index (χ0n) is 9.13. The number of rotatable bonds is 4. The molecule has 0 bridgehead atoms. The summed E-state index contributed by atoms with van der Waals surface area (Å²) in [5, 5.41) is 4.66. The van der Waals surface area contributed by atoms with Crippen LogP contribution in [0.25, 0.3) is 0 Å². The maximum Gasteiger partial charge on any atom is 0.237 e. The molecular weight excluding hydrogens is 244 g/mol. The molecule has 0 radical (unpaired) electrons. The van der Waals surface area contributed by atoms with Crippen LogP contribution in [0.15, 0.2) is 0 Å². The smallest absolute Gasteiger partial charge is 0.237 e. The van der Waals surface area contributed by atoms with Crippen molar-refractivity contribution in [3.63, 3.8) is 0 Å². The summed E-state index contributed by atoms with van der Waals surface area (Å²) >= 11 is 1.18. The molecule has 1 aromatic rings. The zero-order chi connectivity index (χ0) is 12.3. The molecule has 1 fully saturated rings. The van der Waals surface area contributed by atoms with Gasteiger partial charge in [0, 0.05) is 24.6 Å². The van der Waals surface area contributed by atoms with Gasteiger partial charge in [-0.25, -0.2) is 5.84 Å². The number of nitrogens with two attached hydrogens (primary N) is 2. The average Bonchev–Trinajstić information content (AvgIpc) is 2.77. The molecule has 94 valence electrons. The number of amides is 1. The van der Waals surface area contributed by atoms with E-state index < -0.39 is 11.9 Å². The van der Waals surface area contributed by atoms with Crippen LogP contribution in [0.4, 0.5) is 5.00 Å². The Kier molecular flexibility index (Phi) is 3.84. The third-order valence-corrected chi connectivity index (χ3v) is 3.31. The van der Waals surface area contributed by atoms with Crippen molar-refractivity contribution in [3.05, 3.63) is 5.69 Å². The summed E-state index contributed by atoms with van der Waals surface area (Å²) in [4.78, 5) is 13.2. The SMILES string of the molecule is NNc1snnc1CN1CCOCC1C(N)=O. The normalized spacial score (nSPS) is 21.4. The fourth-order valence-corrected chi connectivity index (χ4v) is 2.19. The second-order valence-corrected chi connectivity index (χ2v) is 4.41. The monoisotopic (exact) mass is 258 g/mol. The predicted octanol–water partition coefficient (Wildman–Crippen LogP) is -1.49. The average molecular weight is 258 g/mol. The van der Waals surface area contributed by atoms with Gasteiger partial charge in [-0.1, -0.05) is 4.49 Å². The number of hydrogen-bond acceptors (Lipinski definition) is 8. The number of ether oxygens (including phenoxy) is 1. The number of carbonyl (C=O) groups is 1. The van der Waals surface area contributed by atoms with E-state index in [-0.39, 0.29) is 0 Å². The summed E-state index contributed by atoms with van der Waals surface area (Å²) in [7, 11) is 0. The van der Waals surface area contributed by atoms with Crippen molar-refractivity contribution in [2.45, 2.75) is 12.6 Å². The first-order valence-corrected chi connectivity index (χ1v) is 5.88. The number of nitrogens with zero attached hydrogens (tertiary/aromatic N) is 3. The number of nitrogen functional groups attached to an aromatic ring is 1. The lowest BCUT2D eigenvalue weighted by Crippen LogP contribution is -2.51. The number of hydrogen-bond donors (Lipinski definition) is 3. The second-order valence-electron chi connectivity index (χ2n) is 3.66. The summed E-state index contributed by atoms with van der Waals surface area (Å²) in [5.41, 5.74) is 8.56. The van der Waals surface area contributed by atoms with Crippen molar-refractivity contribution in [1.29, 1.82) is 0 Å². The van der Waals surface area contributed by atoms with Gasteiger partial charge in [0.1, 0.15) is 16.7 Å². The van der Waals surface area contributed by atoms with Gasteiger partial charge in [-0.2, -0.15) is 0 Å². The van der Waals surface area contributed by atoms with Crippen LogP contribution < -0.4 is 17.0 Å². The van der Waals surface area contributed by atoms with Crippen LogP contribution in [0.2, 0.25) is 0 Å². The summed E-state index contributed by atoms with van der Waals surface area (Å²) in [6.07, 6.45) is 0. The molecule has 1 aliphatic rings. The summed E-state index contributed by atoms with van der Waals surface area (Å²) < 4.78 is 9.04. The molecule has 0 aliphatic carbocycles. The van der Waals surface area contributed by atoms with E-state index in [1.807, 2.05) is 4.90 Å². The first-order valence-electron chi connectivity index (χ1n) is 5.11. The van der Waals surface area contributed by atoms with Crippen LogP contribution in [-0.2, 0) is 16.1 Å². The number of hydrazine groups is 1. The van der Waals surface area contributed by atoms with E-state index in [1.165, 1.54) is 11.5 Å². The van der Waals surface area contributed by atoms with Crippen molar-refractivity contribution >= 4 is 22.4 Å². The number of nitrogens with one attached hydrogen (secondary N) is 1. The third-order valence-electron chi connectivity index (χ3n) is 2.61. The van der Waals surface area contributed by atoms with Crippen molar-refractivity contribution in [2.75, 3.05) is 25.2 Å². The number of morpholine rings is 1. The molecule has 1 saturated heterocycles. The van der Waals surface area contributed by atoms with Crippen LogP contribution in [0.1, 0.15) is 5.69 Å². The highest BCUT2D eigenvalue weighted by Gasteiger charge is 2.28. The van der Waals surface area contributed by atoms with Crippen molar-refractivity contribution < 1.29 is 9.53 Å². The third kappa shape index (κ3) is 2.69. The van der Waals surface area contributed by atoms with Crippen LogP contribution in [0.5, 0.6) is 0 Å². The summed E-state index contributed by atoms with van der Waals surface area (Å²) in [5.74, 6) is 4.95.